The molecule has 0 saturated carbocycles. The number of carbonyl (C=O) groups is 2. The third-order valence-electron chi connectivity index (χ3n) is 4.51. The molecule has 0 radical (unpaired) electrons. The van der Waals surface area contributed by atoms with Crippen molar-refractivity contribution in [3.05, 3.63) is 71.8 Å². The van der Waals surface area contributed by atoms with Crippen LogP contribution < -0.4 is 11.5 Å². The molecule has 0 aliphatic heterocycles. The molecule has 0 saturated heterocycles. The summed E-state index contributed by atoms with van der Waals surface area (Å²) in [5.41, 5.74) is 12.4. The third kappa shape index (κ3) is 4.95. The molecule has 0 bridgehead atoms. The first-order chi connectivity index (χ1) is 11.5. The Kier molecular flexibility index (Phi) is 6.13. The van der Waals surface area contributed by atoms with Gasteiger partial charge in [0.05, 0.1) is 5.41 Å². The third-order valence-corrected chi connectivity index (χ3v) is 4.51. The van der Waals surface area contributed by atoms with E-state index in [1.54, 1.807) is 0 Å². The van der Waals surface area contributed by atoms with Gasteiger partial charge in [-0.15, -0.1) is 0 Å². The summed E-state index contributed by atoms with van der Waals surface area (Å²) < 4.78 is 0. The van der Waals surface area contributed by atoms with E-state index in [1.807, 2.05) is 60.7 Å². The van der Waals surface area contributed by atoms with Crippen LogP contribution in [0.1, 0.15) is 30.4 Å². The van der Waals surface area contributed by atoms with Crippen LogP contribution in [0, 0.1) is 5.41 Å². The SMILES string of the molecule is NC(=O)CC(CCc1ccccc1)(CCc1ccccc1)C(N)=O. The van der Waals surface area contributed by atoms with Gasteiger partial charge in [0.25, 0.3) is 0 Å². The zero-order valence-electron chi connectivity index (χ0n) is 13.8. The maximum Gasteiger partial charge on any atom is 0.224 e. The van der Waals surface area contributed by atoms with Gasteiger partial charge in [-0.25, -0.2) is 0 Å². The van der Waals surface area contributed by atoms with E-state index in [0.29, 0.717) is 25.7 Å². The van der Waals surface area contributed by atoms with Crippen molar-refractivity contribution in [2.45, 2.75) is 32.1 Å². The van der Waals surface area contributed by atoms with Gasteiger partial charge in [0.15, 0.2) is 0 Å². The van der Waals surface area contributed by atoms with Gasteiger partial charge >= 0.3 is 0 Å². The number of rotatable bonds is 9. The van der Waals surface area contributed by atoms with Crippen LogP contribution in [0.2, 0.25) is 0 Å². The number of nitrogens with two attached hydrogens (primary N) is 2. The summed E-state index contributed by atoms with van der Waals surface area (Å²) in [6.45, 7) is 0. The highest BCUT2D eigenvalue weighted by molar-refractivity contribution is 5.87. The molecule has 0 aliphatic carbocycles. The predicted octanol–water partition coefficient (Wildman–Crippen LogP) is 2.60. The highest BCUT2D eigenvalue weighted by Gasteiger charge is 2.37. The first kappa shape index (κ1) is 17.7. The van der Waals surface area contributed by atoms with Crippen molar-refractivity contribution < 1.29 is 9.59 Å². The molecule has 0 aliphatic rings. The standard InChI is InChI=1S/C20H24N2O2/c21-18(23)15-20(19(22)24,13-11-16-7-3-1-4-8-16)14-12-17-9-5-2-6-10-17/h1-10H,11-15H2,(H2,21,23)(H2,22,24). The second-order valence-electron chi connectivity index (χ2n) is 6.26. The zero-order valence-corrected chi connectivity index (χ0v) is 13.8. The molecule has 4 heteroatoms. The molecule has 0 unspecified atom stereocenters. The minimum absolute atomic E-state index is 0.0119. The number of amides is 2. The van der Waals surface area contributed by atoms with Crippen molar-refractivity contribution in [1.29, 1.82) is 0 Å². The van der Waals surface area contributed by atoms with Crippen LogP contribution >= 0.6 is 0 Å². The van der Waals surface area contributed by atoms with Gasteiger partial charge in [0, 0.05) is 6.42 Å². The van der Waals surface area contributed by atoms with Gasteiger partial charge in [-0.2, -0.15) is 0 Å². The van der Waals surface area contributed by atoms with E-state index < -0.39 is 17.2 Å². The van der Waals surface area contributed by atoms with Gasteiger partial charge in [-0.3, -0.25) is 9.59 Å². The summed E-state index contributed by atoms with van der Waals surface area (Å²) in [6.07, 6.45) is 2.39. The van der Waals surface area contributed by atoms with E-state index in [-0.39, 0.29) is 6.42 Å². The first-order valence-electron chi connectivity index (χ1n) is 8.18. The van der Waals surface area contributed by atoms with Gasteiger partial charge in [-0.1, -0.05) is 60.7 Å². The Labute approximate surface area is 142 Å². The van der Waals surface area contributed by atoms with Crippen molar-refractivity contribution in [2.24, 2.45) is 16.9 Å². The lowest BCUT2D eigenvalue weighted by atomic mass is 9.74. The van der Waals surface area contributed by atoms with E-state index in [9.17, 15) is 9.59 Å². The number of primary amides is 2. The molecule has 126 valence electrons. The minimum Gasteiger partial charge on any atom is -0.370 e. The second kappa shape index (κ2) is 8.29. The van der Waals surface area contributed by atoms with Gasteiger partial charge in [0.1, 0.15) is 0 Å². The molecule has 0 fully saturated rings. The van der Waals surface area contributed by atoms with Crippen LogP contribution in [0.3, 0.4) is 0 Å². The Hall–Kier alpha value is -2.62. The molecule has 2 aromatic carbocycles. The van der Waals surface area contributed by atoms with Crippen molar-refractivity contribution in [3.8, 4) is 0 Å². The quantitative estimate of drug-likeness (QED) is 0.743. The van der Waals surface area contributed by atoms with Gasteiger partial charge < -0.3 is 11.5 Å². The molecule has 0 atom stereocenters. The van der Waals surface area contributed by atoms with Crippen LogP contribution in [0.5, 0.6) is 0 Å². The predicted molar refractivity (Wildman–Crippen MR) is 95.0 cm³/mol. The highest BCUT2D eigenvalue weighted by atomic mass is 16.2. The summed E-state index contributed by atoms with van der Waals surface area (Å²) >= 11 is 0. The lowest BCUT2D eigenvalue weighted by Crippen LogP contribution is -2.41. The van der Waals surface area contributed by atoms with Crippen LogP contribution in [0.25, 0.3) is 0 Å². The van der Waals surface area contributed by atoms with Crippen molar-refractivity contribution >= 4 is 11.8 Å². The Morgan fingerprint density at radius 2 is 1.17 bits per heavy atom. The number of hydrogen-bond acceptors (Lipinski definition) is 2. The summed E-state index contributed by atoms with van der Waals surface area (Å²) in [5.74, 6) is -0.942. The number of aryl methyl sites for hydroxylation is 2. The molecular weight excluding hydrogens is 300 g/mol. The molecule has 4 N–H and O–H groups in total. The van der Waals surface area contributed by atoms with E-state index in [4.69, 9.17) is 11.5 Å². The number of carbonyl (C=O) groups excluding carboxylic acids is 2. The van der Waals surface area contributed by atoms with E-state index in [2.05, 4.69) is 0 Å². The molecular formula is C20H24N2O2. The second-order valence-corrected chi connectivity index (χ2v) is 6.26. The number of hydrogen-bond donors (Lipinski definition) is 2. The monoisotopic (exact) mass is 324 g/mol. The van der Waals surface area contributed by atoms with Crippen LogP contribution in [0.4, 0.5) is 0 Å². The fourth-order valence-corrected chi connectivity index (χ4v) is 3.03. The lowest BCUT2D eigenvalue weighted by Gasteiger charge is -2.30. The summed E-state index contributed by atoms with van der Waals surface area (Å²) in [4.78, 5) is 23.8. The Morgan fingerprint density at radius 1 is 0.750 bits per heavy atom. The van der Waals surface area contributed by atoms with Crippen LogP contribution in [-0.4, -0.2) is 11.8 Å². The van der Waals surface area contributed by atoms with Gasteiger partial charge in [-0.05, 0) is 36.8 Å². The lowest BCUT2D eigenvalue weighted by molar-refractivity contribution is -0.134. The van der Waals surface area contributed by atoms with Crippen molar-refractivity contribution in [2.75, 3.05) is 0 Å². The average molecular weight is 324 g/mol. The maximum atomic E-state index is 12.2. The highest BCUT2D eigenvalue weighted by Crippen LogP contribution is 2.33. The Bertz CT molecular complexity index is 625. The maximum absolute atomic E-state index is 12.2. The molecule has 2 amide bonds. The van der Waals surface area contributed by atoms with Crippen LogP contribution in [-0.2, 0) is 22.4 Å². The molecule has 0 spiro atoms. The van der Waals surface area contributed by atoms with Crippen molar-refractivity contribution in [3.63, 3.8) is 0 Å². The largest absolute Gasteiger partial charge is 0.370 e. The topological polar surface area (TPSA) is 86.2 Å². The minimum atomic E-state index is -0.905. The zero-order chi connectivity index (χ0) is 17.4. The van der Waals surface area contributed by atoms with Crippen LogP contribution in [0.15, 0.2) is 60.7 Å². The van der Waals surface area contributed by atoms with E-state index in [1.165, 1.54) is 0 Å². The molecule has 2 aromatic rings. The fraction of sp³-hybridized carbons (Fsp3) is 0.300. The summed E-state index contributed by atoms with van der Waals surface area (Å²) in [5, 5.41) is 0. The molecule has 0 heterocycles. The smallest absolute Gasteiger partial charge is 0.224 e. The average Bonchev–Trinajstić information content (AvgIpc) is 2.58. The van der Waals surface area contributed by atoms with Gasteiger partial charge in [0.2, 0.25) is 11.8 Å². The van der Waals surface area contributed by atoms with E-state index in [0.717, 1.165) is 11.1 Å². The fourth-order valence-electron chi connectivity index (χ4n) is 3.03. The Morgan fingerprint density at radius 3 is 1.50 bits per heavy atom. The summed E-state index contributed by atoms with van der Waals surface area (Å²) in [7, 11) is 0. The number of benzene rings is 2. The molecule has 0 aromatic heterocycles. The molecule has 4 nitrogen and oxygen atoms in total. The molecule has 24 heavy (non-hydrogen) atoms. The van der Waals surface area contributed by atoms with Crippen molar-refractivity contribution in [1.82, 2.24) is 0 Å². The normalized spacial score (nSPS) is 11.2. The first-order valence-corrected chi connectivity index (χ1v) is 8.18. The summed E-state index contributed by atoms with van der Waals surface area (Å²) in [6, 6.07) is 19.8. The molecule has 2 rings (SSSR count). The van der Waals surface area contributed by atoms with E-state index >= 15 is 0 Å². The Balaban J connectivity index is 2.15.